The number of hydrogen-bond donors (Lipinski definition) is 1. The van der Waals surface area contributed by atoms with E-state index in [1.807, 2.05) is 6.07 Å². The first-order valence-corrected chi connectivity index (χ1v) is 3.85. The number of rotatable bonds is 1. The third kappa shape index (κ3) is 1.38. The zero-order valence-corrected chi connectivity index (χ0v) is 6.81. The van der Waals surface area contributed by atoms with E-state index in [1.165, 1.54) is 6.26 Å². The summed E-state index contributed by atoms with van der Waals surface area (Å²) in [4.78, 5) is 14.8. The summed E-state index contributed by atoms with van der Waals surface area (Å²) in [5.41, 5.74) is 5.09. The van der Waals surface area contributed by atoms with Gasteiger partial charge in [0, 0.05) is 11.4 Å². The number of amides is 1. The van der Waals surface area contributed by atoms with Crippen LogP contribution in [-0.2, 0) is 9.53 Å². The molecule has 0 saturated carbocycles. The van der Waals surface area contributed by atoms with Crippen molar-refractivity contribution in [3.63, 3.8) is 0 Å². The molecule has 2 rings (SSSR count). The molecular formula is C9H8N2O2. The van der Waals surface area contributed by atoms with Gasteiger partial charge in [0.1, 0.15) is 11.6 Å². The highest BCUT2D eigenvalue weighted by molar-refractivity contribution is 5.85. The largest absolute Gasteiger partial charge is 0.482 e. The van der Waals surface area contributed by atoms with Gasteiger partial charge in [0.2, 0.25) is 0 Å². The highest BCUT2D eigenvalue weighted by atomic mass is 16.5. The number of aromatic nitrogens is 1. The van der Waals surface area contributed by atoms with Gasteiger partial charge in [-0.05, 0) is 12.1 Å². The molecule has 1 amide bonds. The maximum atomic E-state index is 10.8. The second-order valence-electron chi connectivity index (χ2n) is 2.72. The van der Waals surface area contributed by atoms with Crippen LogP contribution in [0.15, 0.2) is 18.3 Å². The standard InChI is InChI=1S/C9H8N2O2/c10-9(12)8-4-6-2-1-3-11-7(6)5-13-8/h1-5,8H,(H2,10,12). The molecular weight excluding hydrogens is 168 g/mol. The second kappa shape index (κ2) is 2.90. The van der Waals surface area contributed by atoms with Crippen LogP contribution in [0.2, 0.25) is 0 Å². The smallest absolute Gasteiger partial charge is 0.262 e. The lowest BCUT2D eigenvalue weighted by Crippen LogP contribution is -2.39. The predicted octanol–water partition coefficient (Wildman–Crippen LogP) is -1.52. The van der Waals surface area contributed by atoms with Crippen molar-refractivity contribution in [1.29, 1.82) is 0 Å². The summed E-state index contributed by atoms with van der Waals surface area (Å²) in [5, 5.41) is 1.59. The fourth-order valence-corrected chi connectivity index (χ4v) is 1.16. The van der Waals surface area contributed by atoms with E-state index in [0.29, 0.717) is 0 Å². The van der Waals surface area contributed by atoms with E-state index in [4.69, 9.17) is 10.5 Å². The first kappa shape index (κ1) is 7.79. The molecule has 2 heterocycles. The number of fused-ring (bicyclic) bond motifs is 1. The predicted molar refractivity (Wildman–Crippen MR) is 46.5 cm³/mol. The maximum Gasteiger partial charge on any atom is 0.262 e. The molecule has 1 unspecified atom stereocenters. The van der Waals surface area contributed by atoms with Gasteiger partial charge in [-0.3, -0.25) is 9.78 Å². The fraction of sp³-hybridized carbons (Fsp3) is 0.111. The van der Waals surface area contributed by atoms with Crippen molar-refractivity contribution in [3.8, 4) is 0 Å². The van der Waals surface area contributed by atoms with Crippen molar-refractivity contribution in [3.05, 3.63) is 28.9 Å². The van der Waals surface area contributed by atoms with E-state index < -0.39 is 12.0 Å². The summed E-state index contributed by atoms with van der Waals surface area (Å²) in [5.74, 6) is -0.495. The van der Waals surface area contributed by atoms with E-state index in [2.05, 4.69) is 4.98 Å². The third-order valence-corrected chi connectivity index (χ3v) is 1.81. The van der Waals surface area contributed by atoms with Gasteiger partial charge in [-0.25, -0.2) is 0 Å². The van der Waals surface area contributed by atoms with Crippen molar-refractivity contribution in [2.45, 2.75) is 6.10 Å². The summed E-state index contributed by atoms with van der Waals surface area (Å²) >= 11 is 0. The molecule has 1 atom stereocenters. The van der Waals surface area contributed by atoms with Crippen LogP contribution >= 0.6 is 0 Å². The summed E-state index contributed by atoms with van der Waals surface area (Å²) in [6.45, 7) is 0. The lowest BCUT2D eigenvalue weighted by Gasteiger charge is -2.11. The van der Waals surface area contributed by atoms with Crippen LogP contribution in [0.5, 0.6) is 0 Å². The Morgan fingerprint density at radius 1 is 1.62 bits per heavy atom. The van der Waals surface area contributed by atoms with Crippen LogP contribution in [0, 0.1) is 0 Å². The molecule has 4 heteroatoms. The molecule has 13 heavy (non-hydrogen) atoms. The molecule has 0 fully saturated rings. The second-order valence-corrected chi connectivity index (χ2v) is 2.72. The van der Waals surface area contributed by atoms with Gasteiger partial charge in [-0.2, -0.15) is 0 Å². The molecule has 1 aliphatic heterocycles. The number of ether oxygens (including phenoxy) is 1. The molecule has 1 aliphatic rings. The van der Waals surface area contributed by atoms with Crippen molar-refractivity contribution in [1.82, 2.24) is 4.98 Å². The van der Waals surface area contributed by atoms with Crippen LogP contribution in [0.4, 0.5) is 0 Å². The highest BCUT2D eigenvalue weighted by Crippen LogP contribution is 1.95. The maximum absolute atomic E-state index is 10.8. The van der Waals surface area contributed by atoms with Gasteiger partial charge in [0.25, 0.3) is 5.91 Å². The molecule has 2 N–H and O–H groups in total. The van der Waals surface area contributed by atoms with Crippen LogP contribution < -0.4 is 16.3 Å². The molecule has 0 aliphatic carbocycles. The van der Waals surface area contributed by atoms with Crippen LogP contribution in [0.1, 0.15) is 0 Å². The zero-order chi connectivity index (χ0) is 9.26. The van der Waals surface area contributed by atoms with Gasteiger partial charge in [0.15, 0.2) is 6.10 Å². The van der Waals surface area contributed by atoms with Gasteiger partial charge < -0.3 is 10.5 Å². The SMILES string of the molecule is NC(=O)C1C=c2cccnc2=CO1. The quantitative estimate of drug-likeness (QED) is 0.565. The molecule has 0 aromatic carbocycles. The Hall–Kier alpha value is -1.84. The van der Waals surface area contributed by atoms with E-state index in [-0.39, 0.29) is 0 Å². The lowest BCUT2D eigenvalue weighted by molar-refractivity contribution is -0.122. The third-order valence-electron chi connectivity index (χ3n) is 1.81. The number of hydrogen-bond acceptors (Lipinski definition) is 3. The van der Waals surface area contributed by atoms with Crippen molar-refractivity contribution in [2.24, 2.45) is 5.73 Å². The normalized spacial score (nSPS) is 18.9. The number of pyridine rings is 1. The van der Waals surface area contributed by atoms with E-state index in [0.717, 1.165) is 10.6 Å². The first-order valence-electron chi connectivity index (χ1n) is 3.85. The number of nitrogens with two attached hydrogens (primary N) is 1. The molecule has 0 spiro atoms. The Bertz CT molecular complexity index is 453. The van der Waals surface area contributed by atoms with Crippen LogP contribution in [0.3, 0.4) is 0 Å². The van der Waals surface area contributed by atoms with Crippen molar-refractivity contribution in [2.75, 3.05) is 0 Å². The van der Waals surface area contributed by atoms with E-state index in [1.54, 1.807) is 18.3 Å². The zero-order valence-electron chi connectivity index (χ0n) is 6.81. The van der Waals surface area contributed by atoms with Crippen molar-refractivity contribution >= 4 is 18.2 Å². The first-order chi connectivity index (χ1) is 6.27. The van der Waals surface area contributed by atoms with Crippen LogP contribution in [-0.4, -0.2) is 17.0 Å². The molecule has 0 bridgehead atoms. The topological polar surface area (TPSA) is 65.2 Å². The highest BCUT2D eigenvalue weighted by Gasteiger charge is 2.13. The Morgan fingerprint density at radius 2 is 2.46 bits per heavy atom. The Morgan fingerprint density at radius 3 is 3.23 bits per heavy atom. The summed E-state index contributed by atoms with van der Waals surface area (Å²) < 4.78 is 5.05. The van der Waals surface area contributed by atoms with Gasteiger partial charge in [0.05, 0.1) is 0 Å². The Labute approximate surface area is 74.3 Å². The molecule has 4 nitrogen and oxygen atoms in total. The Balaban J connectivity index is 2.55. The average molecular weight is 176 g/mol. The minimum Gasteiger partial charge on any atom is -0.482 e. The summed E-state index contributed by atoms with van der Waals surface area (Å²) in [6.07, 6.45) is 4.10. The summed E-state index contributed by atoms with van der Waals surface area (Å²) in [7, 11) is 0. The minimum absolute atomic E-state index is 0.495. The van der Waals surface area contributed by atoms with Gasteiger partial charge >= 0.3 is 0 Å². The lowest BCUT2D eigenvalue weighted by atomic mass is 10.2. The number of carbonyl (C=O) groups excluding carboxylic acids is 1. The minimum atomic E-state index is -0.670. The summed E-state index contributed by atoms with van der Waals surface area (Å²) in [6, 6.07) is 3.66. The molecule has 66 valence electrons. The van der Waals surface area contributed by atoms with Gasteiger partial charge in [-0.15, -0.1) is 0 Å². The number of nitrogens with zero attached hydrogens (tertiary/aromatic N) is 1. The molecule has 1 aromatic heterocycles. The molecule has 0 radical (unpaired) electrons. The molecule has 1 aromatic rings. The van der Waals surface area contributed by atoms with Crippen LogP contribution in [0.25, 0.3) is 12.3 Å². The average Bonchev–Trinajstić information content (AvgIpc) is 2.17. The van der Waals surface area contributed by atoms with E-state index >= 15 is 0 Å². The Kier molecular flexibility index (Phi) is 1.73. The van der Waals surface area contributed by atoms with E-state index in [9.17, 15) is 4.79 Å². The van der Waals surface area contributed by atoms with Gasteiger partial charge in [-0.1, -0.05) is 6.07 Å². The number of primary amides is 1. The fourth-order valence-electron chi connectivity index (χ4n) is 1.16. The monoisotopic (exact) mass is 176 g/mol. The molecule has 0 saturated heterocycles. The van der Waals surface area contributed by atoms with Crippen molar-refractivity contribution < 1.29 is 9.53 Å². The number of carbonyl (C=O) groups is 1.